The Kier molecular flexibility index (Phi) is 4.63. The second kappa shape index (κ2) is 6.90. The number of carbonyl (C=O) groups is 1. The van der Waals surface area contributed by atoms with Gasteiger partial charge in [-0.2, -0.15) is 0 Å². The first-order chi connectivity index (χ1) is 12.1. The number of nitrogens with zero attached hydrogens (tertiary/aromatic N) is 1. The number of anilines is 1. The molecule has 136 valence electrons. The van der Waals surface area contributed by atoms with Crippen molar-refractivity contribution in [2.75, 3.05) is 18.0 Å². The van der Waals surface area contributed by atoms with Gasteiger partial charge in [0.25, 0.3) is 0 Å². The van der Waals surface area contributed by atoms with E-state index in [1.165, 1.54) is 31.0 Å². The van der Waals surface area contributed by atoms with Crippen LogP contribution in [-0.2, 0) is 4.79 Å². The third-order valence-electron chi connectivity index (χ3n) is 5.85. The molecule has 3 unspecified atom stereocenters. The van der Waals surface area contributed by atoms with Gasteiger partial charge in [-0.25, -0.2) is 8.78 Å². The lowest BCUT2D eigenvalue weighted by atomic mass is 9.89. The molecule has 4 rings (SSSR count). The Hall–Kier alpha value is -1.69. The average molecular weight is 349 g/mol. The van der Waals surface area contributed by atoms with E-state index in [2.05, 4.69) is 10.6 Å². The number of rotatable bonds is 4. The maximum absolute atomic E-state index is 13.9. The molecular formula is C19H25F2N3O. The Morgan fingerprint density at radius 1 is 1.16 bits per heavy atom. The smallest absolute Gasteiger partial charge is 0.220 e. The Morgan fingerprint density at radius 2 is 1.84 bits per heavy atom. The van der Waals surface area contributed by atoms with E-state index in [1.54, 1.807) is 4.90 Å². The summed E-state index contributed by atoms with van der Waals surface area (Å²) in [6.07, 6.45) is 5.92. The lowest BCUT2D eigenvalue weighted by molar-refractivity contribution is -0.122. The number of para-hydroxylation sites is 1. The van der Waals surface area contributed by atoms with Crippen LogP contribution in [-0.4, -0.2) is 37.1 Å². The molecule has 3 heterocycles. The molecule has 0 aromatic heterocycles. The summed E-state index contributed by atoms with van der Waals surface area (Å²) in [4.78, 5) is 14.1. The first kappa shape index (κ1) is 16.8. The molecule has 3 aliphatic heterocycles. The zero-order valence-electron chi connectivity index (χ0n) is 14.3. The Labute approximate surface area is 147 Å². The molecule has 1 aromatic carbocycles. The SMILES string of the molecule is O=C(CC1CC2CCC(C1)N2)NC1CCN(c2c(F)cccc2F)C1. The zero-order valence-corrected chi connectivity index (χ0v) is 14.3. The van der Waals surface area contributed by atoms with Crippen LogP contribution in [0.5, 0.6) is 0 Å². The summed E-state index contributed by atoms with van der Waals surface area (Å²) in [5, 5.41) is 6.66. The molecule has 1 aromatic rings. The summed E-state index contributed by atoms with van der Waals surface area (Å²) in [5.74, 6) is -0.554. The van der Waals surface area contributed by atoms with Crippen LogP contribution < -0.4 is 15.5 Å². The van der Waals surface area contributed by atoms with Gasteiger partial charge in [0, 0.05) is 37.6 Å². The summed E-state index contributed by atoms with van der Waals surface area (Å²) in [7, 11) is 0. The predicted molar refractivity (Wildman–Crippen MR) is 92.4 cm³/mol. The number of hydrogen-bond donors (Lipinski definition) is 2. The van der Waals surface area contributed by atoms with Crippen LogP contribution in [0.15, 0.2) is 18.2 Å². The number of piperidine rings is 1. The van der Waals surface area contributed by atoms with Crippen LogP contribution in [0.2, 0.25) is 0 Å². The van der Waals surface area contributed by atoms with Crippen molar-refractivity contribution >= 4 is 11.6 Å². The number of nitrogens with one attached hydrogen (secondary N) is 2. The highest BCUT2D eigenvalue weighted by molar-refractivity contribution is 5.76. The molecule has 0 saturated carbocycles. The number of hydrogen-bond acceptors (Lipinski definition) is 3. The molecule has 25 heavy (non-hydrogen) atoms. The standard InChI is InChI=1S/C19H25F2N3O/c20-16-2-1-3-17(21)19(16)24-7-6-15(11-24)23-18(25)10-12-8-13-4-5-14(9-12)22-13/h1-3,12-15,22H,4-11H2,(H,23,25). The van der Waals surface area contributed by atoms with E-state index in [0.29, 0.717) is 37.5 Å². The van der Waals surface area contributed by atoms with Gasteiger partial charge in [0.2, 0.25) is 5.91 Å². The maximum atomic E-state index is 13.9. The summed E-state index contributed by atoms with van der Waals surface area (Å²) < 4.78 is 27.8. The van der Waals surface area contributed by atoms with Crippen molar-refractivity contribution < 1.29 is 13.6 Å². The van der Waals surface area contributed by atoms with Gasteiger partial charge in [0.1, 0.15) is 17.3 Å². The minimum absolute atomic E-state index is 0.0224. The third-order valence-corrected chi connectivity index (χ3v) is 5.85. The molecule has 0 spiro atoms. The first-order valence-corrected chi connectivity index (χ1v) is 9.33. The van der Waals surface area contributed by atoms with Gasteiger partial charge < -0.3 is 15.5 Å². The van der Waals surface area contributed by atoms with E-state index >= 15 is 0 Å². The monoisotopic (exact) mass is 349 g/mol. The van der Waals surface area contributed by atoms with E-state index in [1.807, 2.05) is 0 Å². The van der Waals surface area contributed by atoms with Gasteiger partial charge in [-0.1, -0.05) is 6.07 Å². The van der Waals surface area contributed by atoms with Gasteiger partial charge in [-0.05, 0) is 50.2 Å². The molecular weight excluding hydrogens is 324 g/mol. The minimum Gasteiger partial charge on any atom is -0.365 e. The largest absolute Gasteiger partial charge is 0.365 e. The fourth-order valence-electron chi connectivity index (χ4n) is 4.76. The number of amides is 1. The van der Waals surface area contributed by atoms with Crippen molar-refractivity contribution in [3.63, 3.8) is 0 Å². The molecule has 4 nitrogen and oxygen atoms in total. The van der Waals surface area contributed by atoms with Crippen molar-refractivity contribution in [1.82, 2.24) is 10.6 Å². The summed E-state index contributed by atoms with van der Waals surface area (Å²) in [6, 6.07) is 5.05. The van der Waals surface area contributed by atoms with Crippen molar-refractivity contribution in [3.05, 3.63) is 29.8 Å². The Bertz CT molecular complexity index is 621. The molecule has 1 amide bonds. The number of fused-ring (bicyclic) bond motifs is 2. The lowest BCUT2D eigenvalue weighted by Gasteiger charge is -2.29. The van der Waals surface area contributed by atoms with Crippen molar-refractivity contribution in [3.8, 4) is 0 Å². The molecule has 0 radical (unpaired) electrons. The van der Waals surface area contributed by atoms with Crippen LogP contribution in [0, 0.1) is 17.6 Å². The van der Waals surface area contributed by atoms with Crippen molar-refractivity contribution in [2.24, 2.45) is 5.92 Å². The zero-order chi connectivity index (χ0) is 17.4. The number of carbonyl (C=O) groups excluding carboxylic acids is 1. The average Bonchev–Trinajstić information content (AvgIpc) is 3.14. The molecule has 3 fully saturated rings. The van der Waals surface area contributed by atoms with E-state index < -0.39 is 11.6 Å². The minimum atomic E-state index is -0.544. The highest BCUT2D eigenvalue weighted by Gasteiger charge is 2.35. The van der Waals surface area contributed by atoms with Crippen LogP contribution in [0.4, 0.5) is 14.5 Å². The highest BCUT2D eigenvalue weighted by Crippen LogP contribution is 2.33. The van der Waals surface area contributed by atoms with Gasteiger partial charge in [0.15, 0.2) is 0 Å². The molecule has 3 atom stereocenters. The van der Waals surface area contributed by atoms with E-state index in [0.717, 1.165) is 19.3 Å². The Morgan fingerprint density at radius 3 is 2.52 bits per heavy atom. The van der Waals surface area contributed by atoms with E-state index in [9.17, 15) is 13.6 Å². The molecule has 2 N–H and O–H groups in total. The number of benzene rings is 1. The number of halogens is 2. The molecule has 3 saturated heterocycles. The van der Waals surface area contributed by atoms with Crippen LogP contribution in [0.25, 0.3) is 0 Å². The van der Waals surface area contributed by atoms with E-state index in [4.69, 9.17) is 0 Å². The van der Waals surface area contributed by atoms with Crippen molar-refractivity contribution in [1.29, 1.82) is 0 Å². The summed E-state index contributed by atoms with van der Waals surface area (Å²) in [6.45, 7) is 1.02. The second-order valence-corrected chi connectivity index (χ2v) is 7.75. The predicted octanol–water partition coefficient (Wildman–Crippen LogP) is 2.58. The first-order valence-electron chi connectivity index (χ1n) is 9.33. The van der Waals surface area contributed by atoms with Gasteiger partial charge >= 0.3 is 0 Å². The lowest BCUT2D eigenvalue weighted by Crippen LogP contribution is -2.42. The Balaban J connectivity index is 1.30. The molecule has 3 aliphatic rings. The third kappa shape index (κ3) is 3.64. The molecule has 0 aliphatic carbocycles. The highest BCUT2D eigenvalue weighted by atomic mass is 19.1. The topological polar surface area (TPSA) is 44.4 Å². The molecule has 6 heteroatoms. The maximum Gasteiger partial charge on any atom is 0.220 e. The van der Waals surface area contributed by atoms with Crippen LogP contribution in [0.3, 0.4) is 0 Å². The molecule has 2 bridgehead atoms. The fraction of sp³-hybridized carbons (Fsp3) is 0.632. The van der Waals surface area contributed by atoms with Gasteiger partial charge in [0.05, 0.1) is 0 Å². The van der Waals surface area contributed by atoms with Crippen molar-refractivity contribution in [2.45, 2.75) is 56.7 Å². The van der Waals surface area contributed by atoms with Crippen LogP contribution in [0.1, 0.15) is 38.5 Å². The normalized spacial score (nSPS) is 31.4. The summed E-state index contributed by atoms with van der Waals surface area (Å²) >= 11 is 0. The quantitative estimate of drug-likeness (QED) is 0.878. The second-order valence-electron chi connectivity index (χ2n) is 7.75. The summed E-state index contributed by atoms with van der Waals surface area (Å²) in [5.41, 5.74) is 0.0224. The van der Waals surface area contributed by atoms with Crippen LogP contribution >= 0.6 is 0 Å². The van der Waals surface area contributed by atoms with Gasteiger partial charge in [-0.3, -0.25) is 4.79 Å². The van der Waals surface area contributed by atoms with Gasteiger partial charge in [-0.15, -0.1) is 0 Å². The van der Waals surface area contributed by atoms with E-state index in [-0.39, 0.29) is 17.6 Å². The fourth-order valence-corrected chi connectivity index (χ4v) is 4.76.